The van der Waals surface area contributed by atoms with Gasteiger partial charge in [0.15, 0.2) is 0 Å². The second-order valence-corrected chi connectivity index (χ2v) is 4.96. The average molecular weight is 295 g/mol. The lowest BCUT2D eigenvalue weighted by Crippen LogP contribution is -2.49. The average Bonchev–Trinajstić information content (AvgIpc) is 2.46. The first-order valence-corrected chi connectivity index (χ1v) is 7.15. The van der Waals surface area contributed by atoms with Crippen LogP contribution >= 0.6 is 0 Å². The molecule has 5 nitrogen and oxygen atoms in total. The van der Waals surface area contributed by atoms with E-state index in [9.17, 15) is 14.0 Å². The predicted octanol–water partition coefficient (Wildman–Crippen LogP) is 2.74. The number of carbonyl (C=O) groups is 2. The molecule has 0 aliphatic rings. The van der Waals surface area contributed by atoms with Crippen molar-refractivity contribution < 1.29 is 14.0 Å². The SMILES string of the molecule is CCCCCC(C)NC(=O)NNC(=O)c1ccc(F)cc1. The van der Waals surface area contributed by atoms with Gasteiger partial charge in [0.2, 0.25) is 0 Å². The Kier molecular flexibility index (Phi) is 7.21. The number of rotatable bonds is 6. The van der Waals surface area contributed by atoms with Crippen molar-refractivity contribution in [2.75, 3.05) is 0 Å². The standard InChI is InChI=1S/C15H22FN3O2/c1-3-4-5-6-11(2)17-15(21)19-18-14(20)12-7-9-13(16)10-8-12/h7-11H,3-6H2,1-2H3,(H,18,20)(H2,17,19,21). The minimum Gasteiger partial charge on any atom is -0.334 e. The lowest BCUT2D eigenvalue weighted by atomic mass is 10.1. The molecule has 0 spiro atoms. The molecule has 0 aromatic heterocycles. The summed E-state index contributed by atoms with van der Waals surface area (Å²) < 4.78 is 12.7. The first-order valence-electron chi connectivity index (χ1n) is 7.15. The zero-order chi connectivity index (χ0) is 15.7. The molecule has 21 heavy (non-hydrogen) atoms. The van der Waals surface area contributed by atoms with Crippen LogP contribution in [-0.2, 0) is 0 Å². The maximum atomic E-state index is 12.7. The second-order valence-electron chi connectivity index (χ2n) is 4.96. The Morgan fingerprint density at radius 1 is 1.14 bits per heavy atom. The molecule has 116 valence electrons. The fourth-order valence-corrected chi connectivity index (χ4v) is 1.82. The summed E-state index contributed by atoms with van der Waals surface area (Å²) in [5.41, 5.74) is 4.81. The van der Waals surface area contributed by atoms with Crippen LogP contribution in [0.1, 0.15) is 49.9 Å². The lowest BCUT2D eigenvalue weighted by molar-refractivity contribution is 0.0935. The molecule has 3 amide bonds. The zero-order valence-corrected chi connectivity index (χ0v) is 12.4. The molecule has 0 radical (unpaired) electrons. The highest BCUT2D eigenvalue weighted by Gasteiger charge is 2.09. The van der Waals surface area contributed by atoms with Crippen LogP contribution in [0, 0.1) is 5.82 Å². The molecule has 1 atom stereocenters. The van der Waals surface area contributed by atoms with E-state index in [2.05, 4.69) is 23.1 Å². The van der Waals surface area contributed by atoms with Crippen molar-refractivity contribution in [2.24, 2.45) is 0 Å². The van der Waals surface area contributed by atoms with Crippen molar-refractivity contribution in [3.05, 3.63) is 35.6 Å². The number of carbonyl (C=O) groups excluding carboxylic acids is 2. The first-order chi connectivity index (χ1) is 10.0. The van der Waals surface area contributed by atoms with Gasteiger partial charge in [-0.05, 0) is 37.6 Å². The number of hydrazine groups is 1. The highest BCUT2D eigenvalue weighted by atomic mass is 19.1. The number of amides is 3. The maximum absolute atomic E-state index is 12.7. The van der Waals surface area contributed by atoms with Gasteiger partial charge in [-0.15, -0.1) is 0 Å². The Labute approximate surface area is 124 Å². The Balaban J connectivity index is 2.29. The number of halogens is 1. The Bertz CT molecular complexity index is 462. The van der Waals surface area contributed by atoms with E-state index in [-0.39, 0.29) is 11.6 Å². The summed E-state index contributed by atoms with van der Waals surface area (Å²) in [5.74, 6) is -0.915. The van der Waals surface area contributed by atoms with Gasteiger partial charge >= 0.3 is 6.03 Å². The second kappa shape index (κ2) is 8.94. The number of unbranched alkanes of at least 4 members (excludes halogenated alkanes) is 2. The Morgan fingerprint density at radius 2 is 1.81 bits per heavy atom. The summed E-state index contributed by atoms with van der Waals surface area (Å²) in [6, 6.07) is 4.64. The van der Waals surface area contributed by atoms with Crippen LogP contribution in [0.15, 0.2) is 24.3 Å². The van der Waals surface area contributed by atoms with E-state index in [0.29, 0.717) is 0 Å². The summed E-state index contributed by atoms with van der Waals surface area (Å²) in [6.45, 7) is 4.03. The fraction of sp³-hybridized carbons (Fsp3) is 0.467. The molecule has 1 rings (SSSR count). The minimum atomic E-state index is -0.496. The zero-order valence-electron chi connectivity index (χ0n) is 12.4. The van der Waals surface area contributed by atoms with Crippen LogP contribution in [0.3, 0.4) is 0 Å². The molecule has 0 saturated heterocycles. The van der Waals surface area contributed by atoms with Gasteiger partial charge in [0.1, 0.15) is 5.82 Å². The van der Waals surface area contributed by atoms with E-state index in [1.54, 1.807) is 0 Å². The van der Waals surface area contributed by atoms with Crippen LogP contribution < -0.4 is 16.2 Å². The molecule has 0 bridgehead atoms. The van der Waals surface area contributed by atoms with Gasteiger partial charge in [-0.25, -0.2) is 14.6 Å². The van der Waals surface area contributed by atoms with Crippen LogP contribution in [0.25, 0.3) is 0 Å². The number of benzene rings is 1. The van der Waals surface area contributed by atoms with Gasteiger partial charge in [-0.3, -0.25) is 10.2 Å². The molecule has 1 aromatic rings. The molecule has 6 heteroatoms. The third kappa shape index (κ3) is 6.74. The molecule has 0 aliphatic carbocycles. The highest BCUT2D eigenvalue weighted by Crippen LogP contribution is 2.03. The predicted molar refractivity (Wildman–Crippen MR) is 79.1 cm³/mol. The van der Waals surface area contributed by atoms with Gasteiger partial charge < -0.3 is 5.32 Å². The van der Waals surface area contributed by atoms with Gasteiger partial charge in [0.25, 0.3) is 5.91 Å². The van der Waals surface area contributed by atoms with Gasteiger partial charge in [0, 0.05) is 11.6 Å². The quantitative estimate of drug-likeness (QED) is 0.558. The monoisotopic (exact) mass is 295 g/mol. The van der Waals surface area contributed by atoms with Crippen molar-refractivity contribution in [1.29, 1.82) is 0 Å². The lowest BCUT2D eigenvalue weighted by Gasteiger charge is -2.14. The topological polar surface area (TPSA) is 70.2 Å². The van der Waals surface area contributed by atoms with Crippen LogP contribution in [0.5, 0.6) is 0 Å². The van der Waals surface area contributed by atoms with Crippen molar-refractivity contribution in [3.63, 3.8) is 0 Å². The van der Waals surface area contributed by atoms with E-state index in [1.807, 2.05) is 6.92 Å². The normalized spacial score (nSPS) is 11.6. The van der Waals surface area contributed by atoms with Crippen molar-refractivity contribution in [1.82, 2.24) is 16.2 Å². The van der Waals surface area contributed by atoms with E-state index in [0.717, 1.165) is 25.7 Å². The molecular weight excluding hydrogens is 273 g/mol. The molecule has 1 aromatic carbocycles. The van der Waals surface area contributed by atoms with E-state index < -0.39 is 17.8 Å². The van der Waals surface area contributed by atoms with E-state index >= 15 is 0 Å². The summed E-state index contributed by atoms with van der Waals surface area (Å²) >= 11 is 0. The van der Waals surface area contributed by atoms with Crippen molar-refractivity contribution in [3.8, 4) is 0 Å². The minimum absolute atomic E-state index is 0.0410. The van der Waals surface area contributed by atoms with Gasteiger partial charge in [0.05, 0.1) is 0 Å². The molecule has 0 heterocycles. The highest BCUT2D eigenvalue weighted by molar-refractivity contribution is 5.95. The van der Waals surface area contributed by atoms with Crippen LogP contribution in [0.4, 0.5) is 9.18 Å². The van der Waals surface area contributed by atoms with Crippen molar-refractivity contribution >= 4 is 11.9 Å². The Morgan fingerprint density at radius 3 is 2.43 bits per heavy atom. The molecule has 1 unspecified atom stereocenters. The van der Waals surface area contributed by atoms with E-state index in [4.69, 9.17) is 0 Å². The van der Waals surface area contributed by atoms with Gasteiger partial charge in [-0.2, -0.15) is 0 Å². The fourth-order valence-electron chi connectivity index (χ4n) is 1.82. The molecule has 0 saturated carbocycles. The number of hydrogen-bond acceptors (Lipinski definition) is 2. The first kappa shape index (κ1) is 16.9. The van der Waals surface area contributed by atoms with Crippen LogP contribution in [0.2, 0.25) is 0 Å². The largest absolute Gasteiger partial charge is 0.334 e. The third-order valence-corrected chi connectivity index (χ3v) is 3.01. The summed E-state index contributed by atoms with van der Waals surface area (Å²) in [7, 11) is 0. The number of urea groups is 1. The number of hydrogen-bond donors (Lipinski definition) is 3. The van der Waals surface area contributed by atoms with Crippen LogP contribution in [-0.4, -0.2) is 18.0 Å². The Hall–Kier alpha value is -2.11. The molecular formula is C15H22FN3O2. The number of nitrogens with one attached hydrogen (secondary N) is 3. The summed E-state index contributed by atoms with van der Waals surface area (Å²) in [4.78, 5) is 23.3. The van der Waals surface area contributed by atoms with Gasteiger partial charge in [-0.1, -0.05) is 26.2 Å². The summed E-state index contributed by atoms with van der Waals surface area (Å²) in [6.07, 6.45) is 4.22. The third-order valence-electron chi connectivity index (χ3n) is 3.01. The summed E-state index contributed by atoms with van der Waals surface area (Å²) in [5, 5.41) is 2.73. The van der Waals surface area contributed by atoms with E-state index in [1.165, 1.54) is 24.3 Å². The van der Waals surface area contributed by atoms with Crippen molar-refractivity contribution in [2.45, 2.75) is 45.6 Å². The molecule has 3 N–H and O–H groups in total. The smallest absolute Gasteiger partial charge is 0.333 e. The molecule has 0 fully saturated rings. The molecule has 0 aliphatic heterocycles. The maximum Gasteiger partial charge on any atom is 0.333 e.